The van der Waals surface area contributed by atoms with Crippen molar-refractivity contribution < 1.29 is 22.7 Å². The van der Waals surface area contributed by atoms with Gasteiger partial charge in [0.15, 0.2) is 11.6 Å². The lowest BCUT2D eigenvalue weighted by Gasteiger charge is -2.12. The van der Waals surface area contributed by atoms with Crippen LogP contribution in [0.1, 0.15) is 16.8 Å². The van der Waals surface area contributed by atoms with Crippen molar-refractivity contribution in [3.8, 4) is 11.5 Å². The molecule has 1 amide bonds. The summed E-state index contributed by atoms with van der Waals surface area (Å²) in [5, 5.41) is 5.46. The van der Waals surface area contributed by atoms with E-state index in [0.29, 0.717) is 11.6 Å². The Bertz CT molecular complexity index is 1080. The molecular weight excluding hydrogens is 457 g/mol. The Morgan fingerprint density at radius 3 is 2.42 bits per heavy atom. The topological polar surface area (TPSA) is 66.5 Å². The summed E-state index contributed by atoms with van der Waals surface area (Å²) in [4.78, 5) is 18.4. The number of rotatable bonds is 9. The van der Waals surface area contributed by atoms with Crippen LogP contribution in [-0.4, -0.2) is 43.0 Å². The second-order valence-corrected chi connectivity index (χ2v) is 7.26. The zero-order valence-electron chi connectivity index (χ0n) is 18.1. The van der Waals surface area contributed by atoms with Crippen molar-refractivity contribution in [1.82, 2.24) is 9.88 Å². The molecule has 10 heteroatoms. The number of carbonyl (C=O) groups excluding carboxylic acids is 1. The average Bonchev–Trinajstić information content (AvgIpc) is 2.73. The fourth-order valence-corrected chi connectivity index (χ4v) is 2.88. The number of ether oxygens (including phenoxy) is 1. The second kappa shape index (κ2) is 12.1. The number of carbonyl (C=O) groups is 1. The maximum atomic E-state index is 14.5. The van der Waals surface area contributed by atoms with Gasteiger partial charge in [0.25, 0.3) is 5.91 Å². The SMILES string of the molecule is CN(C)CCCNc1cc(Oc2ccc(NC(=O)c3c(F)cccc3F)cc2F)ccn1.Cl. The summed E-state index contributed by atoms with van der Waals surface area (Å²) in [5.74, 6) is -2.90. The summed E-state index contributed by atoms with van der Waals surface area (Å²) >= 11 is 0. The quantitative estimate of drug-likeness (QED) is 0.405. The second-order valence-electron chi connectivity index (χ2n) is 7.26. The number of hydrogen-bond acceptors (Lipinski definition) is 5. The van der Waals surface area contributed by atoms with E-state index < -0.39 is 28.9 Å². The van der Waals surface area contributed by atoms with E-state index in [1.165, 1.54) is 12.1 Å². The minimum atomic E-state index is -1.02. The van der Waals surface area contributed by atoms with Crippen LogP contribution in [0, 0.1) is 17.5 Å². The van der Waals surface area contributed by atoms with Crippen molar-refractivity contribution in [2.24, 2.45) is 0 Å². The maximum Gasteiger partial charge on any atom is 0.261 e. The van der Waals surface area contributed by atoms with E-state index in [9.17, 15) is 18.0 Å². The number of aromatic nitrogens is 1. The fourth-order valence-electron chi connectivity index (χ4n) is 2.88. The van der Waals surface area contributed by atoms with Gasteiger partial charge in [-0.15, -0.1) is 12.4 Å². The Labute approximate surface area is 196 Å². The third-order valence-electron chi connectivity index (χ3n) is 4.43. The molecule has 33 heavy (non-hydrogen) atoms. The first-order valence-corrected chi connectivity index (χ1v) is 9.91. The summed E-state index contributed by atoms with van der Waals surface area (Å²) in [6, 6.07) is 10.0. The van der Waals surface area contributed by atoms with Crippen molar-refractivity contribution in [2.75, 3.05) is 37.8 Å². The number of hydrogen-bond donors (Lipinski definition) is 2. The number of nitrogens with zero attached hydrogens (tertiary/aromatic N) is 2. The molecule has 0 atom stereocenters. The van der Waals surface area contributed by atoms with Crippen LogP contribution < -0.4 is 15.4 Å². The summed E-state index contributed by atoms with van der Waals surface area (Å²) < 4.78 is 47.6. The molecule has 0 bridgehead atoms. The molecule has 0 unspecified atom stereocenters. The molecule has 6 nitrogen and oxygen atoms in total. The predicted molar refractivity (Wildman–Crippen MR) is 124 cm³/mol. The molecule has 1 aromatic heterocycles. The molecule has 0 aliphatic heterocycles. The van der Waals surface area contributed by atoms with E-state index in [0.717, 1.165) is 43.8 Å². The largest absolute Gasteiger partial charge is 0.454 e. The highest BCUT2D eigenvalue weighted by Gasteiger charge is 2.18. The molecule has 2 N–H and O–H groups in total. The first-order valence-electron chi connectivity index (χ1n) is 9.91. The van der Waals surface area contributed by atoms with Crippen LogP contribution in [-0.2, 0) is 0 Å². The van der Waals surface area contributed by atoms with Gasteiger partial charge in [-0.05, 0) is 57.4 Å². The van der Waals surface area contributed by atoms with Crippen LogP contribution in [0.4, 0.5) is 24.7 Å². The van der Waals surface area contributed by atoms with Gasteiger partial charge in [-0.1, -0.05) is 6.07 Å². The van der Waals surface area contributed by atoms with Gasteiger partial charge in [-0.2, -0.15) is 0 Å². The van der Waals surface area contributed by atoms with Gasteiger partial charge in [0.05, 0.1) is 0 Å². The molecule has 0 aliphatic rings. The van der Waals surface area contributed by atoms with Gasteiger partial charge in [0.1, 0.15) is 28.8 Å². The Hall–Kier alpha value is -3.30. The number of amides is 1. The third kappa shape index (κ3) is 7.37. The molecule has 0 fully saturated rings. The van der Waals surface area contributed by atoms with Gasteiger partial charge < -0.3 is 20.3 Å². The molecular formula is C23H24ClF3N4O2. The monoisotopic (exact) mass is 480 g/mol. The highest BCUT2D eigenvalue weighted by atomic mass is 35.5. The molecule has 0 radical (unpaired) electrons. The van der Waals surface area contributed by atoms with Crippen LogP contribution >= 0.6 is 12.4 Å². The van der Waals surface area contributed by atoms with E-state index in [-0.39, 0.29) is 23.8 Å². The average molecular weight is 481 g/mol. The zero-order valence-corrected chi connectivity index (χ0v) is 18.9. The number of pyridine rings is 1. The van der Waals surface area contributed by atoms with E-state index in [1.807, 2.05) is 14.1 Å². The van der Waals surface area contributed by atoms with Gasteiger partial charge in [0.2, 0.25) is 0 Å². The molecule has 0 spiro atoms. The number of nitrogens with one attached hydrogen (secondary N) is 2. The van der Waals surface area contributed by atoms with Crippen LogP contribution in [0.15, 0.2) is 54.7 Å². The molecule has 2 aromatic carbocycles. The van der Waals surface area contributed by atoms with E-state index in [2.05, 4.69) is 20.5 Å². The molecule has 0 aliphatic carbocycles. The first kappa shape index (κ1) is 26.0. The lowest BCUT2D eigenvalue weighted by molar-refractivity contribution is 0.101. The van der Waals surface area contributed by atoms with Crippen LogP contribution in [0.2, 0.25) is 0 Å². The summed E-state index contributed by atoms with van der Waals surface area (Å²) in [6.45, 7) is 1.65. The Balaban J connectivity index is 0.00000385. The van der Waals surface area contributed by atoms with Crippen molar-refractivity contribution in [3.63, 3.8) is 0 Å². The normalized spacial score (nSPS) is 10.5. The third-order valence-corrected chi connectivity index (χ3v) is 4.43. The van der Waals surface area contributed by atoms with Crippen LogP contribution in [0.5, 0.6) is 11.5 Å². The van der Waals surface area contributed by atoms with Crippen LogP contribution in [0.25, 0.3) is 0 Å². The lowest BCUT2D eigenvalue weighted by Crippen LogP contribution is -2.16. The fraction of sp³-hybridized carbons (Fsp3) is 0.217. The lowest BCUT2D eigenvalue weighted by atomic mass is 10.1. The van der Waals surface area contributed by atoms with E-state index >= 15 is 0 Å². The summed E-state index contributed by atoms with van der Waals surface area (Å²) in [5.41, 5.74) is -0.712. The number of anilines is 2. The molecule has 1 heterocycles. The highest BCUT2D eigenvalue weighted by molar-refractivity contribution is 6.04. The standard InChI is InChI=1S/C23H23F3N4O2.ClH/c1-30(2)12-4-10-27-21-14-16(9-11-28-21)32-20-8-7-15(13-19(20)26)29-23(31)22-17(24)5-3-6-18(22)25;/h3,5-9,11,13-14H,4,10,12H2,1-2H3,(H,27,28)(H,29,31);1H. The van der Waals surface area contributed by atoms with E-state index in [1.54, 1.807) is 18.3 Å². The minimum Gasteiger partial charge on any atom is -0.454 e. The van der Waals surface area contributed by atoms with E-state index in [4.69, 9.17) is 4.74 Å². The highest BCUT2D eigenvalue weighted by Crippen LogP contribution is 2.28. The van der Waals surface area contributed by atoms with Gasteiger partial charge in [-0.25, -0.2) is 18.2 Å². The van der Waals surface area contributed by atoms with Crippen LogP contribution in [0.3, 0.4) is 0 Å². The minimum absolute atomic E-state index is 0. The molecule has 0 saturated carbocycles. The molecule has 3 aromatic rings. The van der Waals surface area contributed by atoms with Crippen molar-refractivity contribution in [1.29, 1.82) is 0 Å². The number of halogens is 4. The van der Waals surface area contributed by atoms with Crippen molar-refractivity contribution in [2.45, 2.75) is 6.42 Å². The summed E-state index contributed by atoms with van der Waals surface area (Å²) in [6.07, 6.45) is 2.47. The summed E-state index contributed by atoms with van der Waals surface area (Å²) in [7, 11) is 3.99. The maximum absolute atomic E-state index is 14.5. The predicted octanol–water partition coefficient (Wildman–Crippen LogP) is 5.33. The number of benzene rings is 2. The smallest absolute Gasteiger partial charge is 0.261 e. The van der Waals surface area contributed by atoms with Crippen molar-refractivity contribution in [3.05, 3.63) is 77.7 Å². The Kier molecular flexibility index (Phi) is 9.50. The molecule has 176 valence electrons. The molecule has 3 rings (SSSR count). The zero-order chi connectivity index (χ0) is 23.1. The van der Waals surface area contributed by atoms with Gasteiger partial charge >= 0.3 is 0 Å². The first-order chi connectivity index (χ1) is 15.3. The Morgan fingerprint density at radius 1 is 1.03 bits per heavy atom. The van der Waals surface area contributed by atoms with Gasteiger partial charge in [0, 0.05) is 30.6 Å². The Morgan fingerprint density at radius 2 is 1.76 bits per heavy atom. The van der Waals surface area contributed by atoms with Crippen molar-refractivity contribution >= 4 is 29.8 Å². The van der Waals surface area contributed by atoms with Gasteiger partial charge in [-0.3, -0.25) is 4.79 Å². The molecule has 0 saturated heterocycles.